The number of ether oxygens (including phenoxy) is 1. The van der Waals surface area contributed by atoms with Crippen molar-refractivity contribution in [3.05, 3.63) is 45.5 Å². The van der Waals surface area contributed by atoms with Crippen LogP contribution in [-0.2, 0) is 4.74 Å². The minimum atomic E-state index is -0.845. The van der Waals surface area contributed by atoms with Crippen molar-refractivity contribution in [3.8, 4) is 0 Å². The number of thiophene rings is 1. The first-order valence-electron chi connectivity index (χ1n) is 6.75. The Kier molecular flexibility index (Phi) is 5.84. The van der Waals surface area contributed by atoms with Crippen molar-refractivity contribution >= 4 is 22.9 Å². The van der Waals surface area contributed by atoms with Gasteiger partial charge < -0.3 is 19.6 Å². The maximum absolute atomic E-state index is 10.3. The molecule has 21 heavy (non-hydrogen) atoms. The number of nitrogens with one attached hydrogen (secondary N) is 1. The molecule has 0 fully saturated rings. The predicted octanol–water partition coefficient (Wildman–Crippen LogP) is 3.46. The first-order chi connectivity index (χ1) is 10.0. The highest BCUT2D eigenvalue weighted by Crippen LogP contribution is 2.31. The third-order valence-corrected chi connectivity index (χ3v) is 4.53. The Bertz CT molecular complexity index is 539. The van der Waals surface area contributed by atoms with E-state index in [1.807, 2.05) is 24.3 Å². The Morgan fingerprint density at radius 1 is 1.48 bits per heavy atom. The zero-order valence-electron chi connectivity index (χ0n) is 12.1. The number of hydrogen-bond donors (Lipinski definition) is 2. The Morgan fingerprint density at radius 3 is 2.86 bits per heavy atom. The topological polar surface area (TPSA) is 54.6 Å². The monoisotopic (exact) mass is 329 g/mol. The molecule has 0 aliphatic heterocycles. The average Bonchev–Trinajstić information content (AvgIpc) is 3.09. The van der Waals surface area contributed by atoms with Crippen LogP contribution >= 0.6 is 22.9 Å². The zero-order valence-corrected chi connectivity index (χ0v) is 13.7. The Balaban J connectivity index is 2.07. The van der Waals surface area contributed by atoms with Crippen LogP contribution in [0.15, 0.2) is 34.9 Å². The van der Waals surface area contributed by atoms with Crippen LogP contribution in [0.25, 0.3) is 0 Å². The third-order valence-electron chi connectivity index (χ3n) is 3.24. The van der Waals surface area contributed by atoms with Gasteiger partial charge in [-0.3, -0.25) is 0 Å². The lowest BCUT2D eigenvalue weighted by Crippen LogP contribution is -2.40. The molecule has 2 rings (SSSR count). The summed E-state index contributed by atoms with van der Waals surface area (Å²) in [6, 6.07) is 7.48. The molecule has 0 saturated heterocycles. The highest BCUT2D eigenvalue weighted by atomic mass is 35.5. The van der Waals surface area contributed by atoms with Crippen LogP contribution in [0.1, 0.15) is 30.0 Å². The molecule has 0 radical (unpaired) electrons. The van der Waals surface area contributed by atoms with Crippen molar-refractivity contribution in [2.45, 2.75) is 25.0 Å². The molecule has 0 bridgehead atoms. The second-order valence-electron chi connectivity index (χ2n) is 5.21. The minimum absolute atomic E-state index is 0.119. The maximum atomic E-state index is 10.3. The van der Waals surface area contributed by atoms with Gasteiger partial charge in [-0.1, -0.05) is 11.6 Å². The van der Waals surface area contributed by atoms with Gasteiger partial charge in [0.2, 0.25) is 0 Å². The smallest absolute Gasteiger partial charge is 0.126 e. The van der Waals surface area contributed by atoms with E-state index in [2.05, 4.69) is 5.32 Å². The number of hydrogen-bond acceptors (Lipinski definition) is 5. The summed E-state index contributed by atoms with van der Waals surface area (Å²) in [5.41, 5.74) is -0.845. The van der Waals surface area contributed by atoms with E-state index in [0.29, 0.717) is 19.6 Å². The Hall–Kier alpha value is -0.850. The van der Waals surface area contributed by atoms with Gasteiger partial charge in [-0.05, 0) is 31.2 Å². The molecule has 0 saturated carbocycles. The van der Waals surface area contributed by atoms with Gasteiger partial charge in [-0.2, -0.15) is 0 Å². The van der Waals surface area contributed by atoms with Crippen LogP contribution in [0.2, 0.25) is 4.34 Å². The van der Waals surface area contributed by atoms with Crippen LogP contribution in [0.4, 0.5) is 0 Å². The van der Waals surface area contributed by atoms with Gasteiger partial charge in [0.25, 0.3) is 0 Å². The highest BCUT2D eigenvalue weighted by Gasteiger charge is 2.25. The van der Waals surface area contributed by atoms with E-state index >= 15 is 0 Å². The second kappa shape index (κ2) is 7.42. The molecule has 0 aliphatic rings. The standard InChI is InChI=1S/C15H20ClNO3S/c1-15(18,7-9-19-2)10-17-14(11-4-3-8-20-11)12-5-6-13(16)21-12/h3-6,8,14,17-18H,7,9-10H2,1-2H3. The van der Waals surface area contributed by atoms with E-state index in [9.17, 15) is 5.11 Å². The molecule has 2 unspecified atom stereocenters. The van der Waals surface area contributed by atoms with Gasteiger partial charge in [0.05, 0.1) is 16.2 Å². The van der Waals surface area contributed by atoms with Crippen molar-refractivity contribution in [2.75, 3.05) is 20.3 Å². The summed E-state index contributed by atoms with van der Waals surface area (Å²) >= 11 is 7.52. The lowest BCUT2D eigenvalue weighted by atomic mass is 10.0. The molecule has 0 amide bonds. The van der Waals surface area contributed by atoms with E-state index in [-0.39, 0.29) is 6.04 Å². The van der Waals surface area contributed by atoms with Crippen molar-refractivity contribution in [3.63, 3.8) is 0 Å². The normalized spacial score (nSPS) is 15.8. The summed E-state index contributed by atoms with van der Waals surface area (Å²) in [7, 11) is 1.63. The molecule has 2 N–H and O–H groups in total. The highest BCUT2D eigenvalue weighted by molar-refractivity contribution is 7.16. The maximum Gasteiger partial charge on any atom is 0.126 e. The van der Waals surface area contributed by atoms with Crippen LogP contribution in [-0.4, -0.2) is 31.0 Å². The Labute approximate surface area is 133 Å². The van der Waals surface area contributed by atoms with E-state index in [1.54, 1.807) is 20.3 Å². The molecule has 2 heterocycles. The van der Waals surface area contributed by atoms with Crippen LogP contribution in [0.5, 0.6) is 0 Å². The number of rotatable bonds is 8. The van der Waals surface area contributed by atoms with Gasteiger partial charge in [0.1, 0.15) is 11.8 Å². The van der Waals surface area contributed by atoms with Crippen molar-refractivity contribution in [1.82, 2.24) is 5.32 Å². The first kappa shape index (κ1) is 16.5. The molecule has 0 aliphatic carbocycles. The first-order valence-corrected chi connectivity index (χ1v) is 7.94. The molecular formula is C15H20ClNO3S. The van der Waals surface area contributed by atoms with Gasteiger partial charge >= 0.3 is 0 Å². The number of halogens is 1. The van der Waals surface area contributed by atoms with Gasteiger partial charge in [-0.25, -0.2) is 0 Å². The average molecular weight is 330 g/mol. The molecule has 2 aromatic heterocycles. The van der Waals surface area contributed by atoms with Gasteiger partial charge in [0.15, 0.2) is 0 Å². The van der Waals surface area contributed by atoms with Crippen molar-refractivity contribution in [1.29, 1.82) is 0 Å². The molecule has 0 spiro atoms. The summed E-state index contributed by atoms with van der Waals surface area (Å²) in [5, 5.41) is 13.7. The SMILES string of the molecule is COCCC(C)(O)CNC(c1ccco1)c1ccc(Cl)s1. The zero-order chi connectivity index (χ0) is 15.3. The van der Waals surface area contributed by atoms with Crippen LogP contribution in [0, 0.1) is 0 Å². The quantitative estimate of drug-likeness (QED) is 0.778. The lowest BCUT2D eigenvalue weighted by molar-refractivity contribution is 0.0233. The Morgan fingerprint density at radius 2 is 2.29 bits per heavy atom. The van der Waals surface area contributed by atoms with Crippen LogP contribution < -0.4 is 5.32 Å². The van der Waals surface area contributed by atoms with E-state index in [4.69, 9.17) is 20.8 Å². The van der Waals surface area contributed by atoms with Crippen LogP contribution in [0.3, 0.4) is 0 Å². The number of methoxy groups -OCH3 is 1. The molecule has 116 valence electrons. The fraction of sp³-hybridized carbons (Fsp3) is 0.467. The third kappa shape index (κ3) is 4.83. The van der Waals surface area contributed by atoms with E-state index in [1.165, 1.54) is 11.3 Å². The largest absolute Gasteiger partial charge is 0.467 e. The lowest BCUT2D eigenvalue weighted by Gasteiger charge is -2.26. The van der Waals surface area contributed by atoms with Crippen molar-refractivity contribution < 1.29 is 14.3 Å². The molecule has 2 aromatic rings. The molecule has 2 atom stereocenters. The fourth-order valence-electron chi connectivity index (χ4n) is 2.01. The van der Waals surface area contributed by atoms with E-state index < -0.39 is 5.60 Å². The van der Waals surface area contributed by atoms with Crippen molar-refractivity contribution in [2.24, 2.45) is 0 Å². The second-order valence-corrected chi connectivity index (χ2v) is 6.96. The molecule has 0 aromatic carbocycles. The van der Waals surface area contributed by atoms with E-state index in [0.717, 1.165) is 15.0 Å². The number of furan rings is 1. The molecular weight excluding hydrogens is 310 g/mol. The van der Waals surface area contributed by atoms with Gasteiger partial charge in [0, 0.05) is 31.6 Å². The summed E-state index contributed by atoms with van der Waals surface area (Å²) in [4.78, 5) is 1.05. The number of aliphatic hydroxyl groups is 1. The fourth-order valence-corrected chi connectivity index (χ4v) is 3.16. The predicted molar refractivity (Wildman–Crippen MR) is 85.0 cm³/mol. The summed E-state index contributed by atoms with van der Waals surface area (Å²) in [6.07, 6.45) is 2.20. The minimum Gasteiger partial charge on any atom is -0.467 e. The summed E-state index contributed by atoms with van der Waals surface area (Å²) < 4.78 is 11.3. The summed E-state index contributed by atoms with van der Waals surface area (Å²) in [6.45, 7) is 2.74. The summed E-state index contributed by atoms with van der Waals surface area (Å²) in [5.74, 6) is 0.802. The molecule has 6 heteroatoms. The van der Waals surface area contributed by atoms with Gasteiger partial charge in [-0.15, -0.1) is 11.3 Å². The molecule has 4 nitrogen and oxygen atoms in total.